The monoisotopic (exact) mass is 200 g/mol. The van der Waals surface area contributed by atoms with Crippen LogP contribution in [0.3, 0.4) is 0 Å². The highest BCUT2D eigenvalue weighted by atomic mass is 16.5. The van der Waals surface area contributed by atoms with Crippen molar-refractivity contribution in [2.45, 2.75) is 45.3 Å². The minimum Gasteiger partial charge on any atom is -0.377 e. The second-order valence-corrected chi connectivity index (χ2v) is 4.22. The molecule has 0 radical (unpaired) electrons. The molecule has 1 heterocycles. The molecule has 1 aliphatic heterocycles. The Labute approximate surface area is 85.4 Å². The molecule has 1 fully saturated rings. The van der Waals surface area contributed by atoms with E-state index in [1.165, 1.54) is 0 Å². The van der Waals surface area contributed by atoms with Gasteiger partial charge in [0.2, 0.25) is 5.91 Å². The lowest BCUT2D eigenvalue weighted by Crippen LogP contribution is -2.53. The Bertz CT molecular complexity index is 196. The fourth-order valence-corrected chi connectivity index (χ4v) is 1.88. The average Bonchev–Trinajstić information content (AvgIpc) is 2.01. The molecular formula is C10H20N2O2. The molecule has 0 aromatic carbocycles. The van der Waals surface area contributed by atoms with Gasteiger partial charge in [0.15, 0.2) is 0 Å². The molecule has 14 heavy (non-hydrogen) atoms. The van der Waals surface area contributed by atoms with Crippen molar-refractivity contribution in [1.29, 1.82) is 0 Å². The lowest BCUT2D eigenvalue weighted by molar-refractivity contribution is -0.144. The third kappa shape index (κ3) is 2.69. The maximum atomic E-state index is 11.8. The minimum atomic E-state index is -0.0651. The first kappa shape index (κ1) is 11.5. The molecule has 82 valence electrons. The Kier molecular flexibility index (Phi) is 3.89. The number of carbonyl (C=O) groups is 1. The standard InChI is InChI=1S/C10H20N2O2/c1-7(11)4-10(13)12-8(2)5-14-6-9(12)3/h7-9H,4-6,11H2,1-3H3. The number of ether oxygens (including phenoxy) is 1. The molecule has 1 saturated heterocycles. The van der Waals surface area contributed by atoms with Crippen LogP contribution >= 0.6 is 0 Å². The van der Waals surface area contributed by atoms with E-state index in [1.807, 2.05) is 25.7 Å². The summed E-state index contributed by atoms with van der Waals surface area (Å²) in [4.78, 5) is 13.7. The van der Waals surface area contributed by atoms with Gasteiger partial charge in [-0.15, -0.1) is 0 Å². The van der Waals surface area contributed by atoms with Gasteiger partial charge in [0, 0.05) is 12.5 Å². The van der Waals surface area contributed by atoms with Crippen LogP contribution in [-0.2, 0) is 9.53 Å². The third-order valence-corrected chi connectivity index (χ3v) is 2.45. The van der Waals surface area contributed by atoms with Gasteiger partial charge in [-0.05, 0) is 20.8 Å². The van der Waals surface area contributed by atoms with Crippen LogP contribution in [0.5, 0.6) is 0 Å². The van der Waals surface area contributed by atoms with Crippen molar-refractivity contribution in [2.75, 3.05) is 13.2 Å². The summed E-state index contributed by atoms with van der Waals surface area (Å²) < 4.78 is 5.35. The van der Waals surface area contributed by atoms with Gasteiger partial charge in [-0.25, -0.2) is 0 Å². The molecule has 4 heteroatoms. The van der Waals surface area contributed by atoms with Crippen molar-refractivity contribution in [3.05, 3.63) is 0 Å². The molecule has 3 atom stereocenters. The molecule has 0 aromatic heterocycles. The van der Waals surface area contributed by atoms with Crippen molar-refractivity contribution in [3.63, 3.8) is 0 Å². The summed E-state index contributed by atoms with van der Waals surface area (Å²) in [5, 5.41) is 0. The fraction of sp³-hybridized carbons (Fsp3) is 0.900. The van der Waals surface area contributed by atoms with Crippen molar-refractivity contribution < 1.29 is 9.53 Å². The van der Waals surface area contributed by atoms with Crippen molar-refractivity contribution in [3.8, 4) is 0 Å². The summed E-state index contributed by atoms with van der Waals surface area (Å²) in [7, 11) is 0. The van der Waals surface area contributed by atoms with Crippen LogP contribution in [0.15, 0.2) is 0 Å². The Morgan fingerprint density at radius 2 is 2.00 bits per heavy atom. The van der Waals surface area contributed by atoms with E-state index in [0.29, 0.717) is 19.6 Å². The highest BCUT2D eigenvalue weighted by molar-refractivity contribution is 5.77. The molecule has 0 aliphatic carbocycles. The van der Waals surface area contributed by atoms with Crippen LogP contribution in [0.2, 0.25) is 0 Å². The van der Waals surface area contributed by atoms with Gasteiger partial charge >= 0.3 is 0 Å². The van der Waals surface area contributed by atoms with Gasteiger partial charge in [0.1, 0.15) is 0 Å². The summed E-state index contributed by atoms with van der Waals surface area (Å²) in [6.07, 6.45) is 0.425. The van der Waals surface area contributed by atoms with Gasteiger partial charge in [0.25, 0.3) is 0 Å². The molecular weight excluding hydrogens is 180 g/mol. The van der Waals surface area contributed by atoms with E-state index in [9.17, 15) is 4.79 Å². The first-order valence-electron chi connectivity index (χ1n) is 5.17. The number of nitrogens with two attached hydrogens (primary N) is 1. The van der Waals surface area contributed by atoms with Crippen LogP contribution in [0.1, 0.15) is 27.2 Å². The molecule has 0 spiro atoms. The molecule has 4 nitrogen and oxygen atoms in total. The number of morpholine rings is 1. The fourth-order valence-electron chi connectivity index (χ4n) is 1.88. The largest absolute Gasteiger partial charge is 0.377 e. The highest BCUT2D eigenvalue weighted by Crippen LogP contribution is 2.14. The molecule has 2 N–H and O–H groups in total. The van der Waals surface area contributed by atoms with E-state index < -0.39 is 0 Å². The summed E-state index contributed by atoms with van der Waals surface area (Å²) in [5.41, 5.74) is 5.61. The van der Waals surface area contributed by atoms with Gasteiger partial charge in [-0.2, -0.15) is 0 Å². The average molecular weight is 200 g/mol. The lowest BCUT2D eigenvalue weighted by Gasteiger charge is -2.39. The molecule has 1 rings (SSSR count). The summed E-state index contributed by atoms with van der Waals surface area (Å²) in [6.45, 7) is 7.14. The van der Waals surface area contributed by atoms with E-state index >= 15 is 0 Å². The van der Waals surface area contributed by atoms with Crippen LogP contribution in [-0.4, -0.2) is 42.1 Å². The van der Waals surface area contributed by atoms with Gasteiger partial charge in [-0.1, -0.05) is 0 Å². The number of nitrogens with zero attached hydrogens (tertiary/aromatic N) is 1. The maximum Gasteiger partial charge on any atom is 0.224 e. The first-order valence-corrected chi connectivity index (χ1v) is 5.17. The Balaban J connectivity index is 2.58. The van der Waals surface area contributed by atoms with Gasteiger partial charge in [-0.3, -0.25) is 4.79 Å². The highest BCUT2D eigenvalue weighted by Gasteiger charge is 2.29. The van der Waals surface area contributed by atoms with Crippen molar-refractivity contribution in [1.82, 2.24) is 4.90 Å². The Morgan fingerprint density at radius 3 is 2.43 bits per heavy atom. The zero-order valence-electron chi connectivity index (χ0n) is 9.19. The van der Waals surface area contributed by atoms with E-state index in [-0.39, 0.29) is 24.0 Å². The SMILES string of the molecule is CC(N)CC(=O)N1C(C)COCC1C. The molecule has 0 saturated carbocycles. The van der Waals surface area contributed by atoms with Crippen LogP contribution in [0, 0.1) is 0 Å². The van der Waals surface area contributed by atoms with Crippen LogP contribution in [0.25, 0.3) is 0 Å². The number of carbonyl (C=O) groups excluding carboxylic acids is 1. The van der Waals surface area contributed by atoms with E-state index in [4.69, 9.17) is 10.5 Å². The van der Waals surface area contributed by atoms with Crippen molar-refractivity contribution in [2.24, 2.45) is 5.73 Å². The molecule has 0 aromatic rings. The van der Waals surface area contributed by atoms with Crippen molar-refractivity contribution >= 4 is 5.91 Å². The quantitative estimate of drug-likeness (QED) is 0.700. The summed E-state index contributed by atoms with van der Waals surface area (Å²) >= 11 is 0. The van der Waals surface area contributed by atoms with E-state index in [1.54, 1.807) is 0 Å². The van der Waals surface area contributed by atoms with Gasteiger partial charge in [0.05, 0.1) is 25.3 Å². The van der Waals surface area contributed by atoms with Crippen LogP contribution in [0.4, 0.5) is 0 Å². The van der Waals surface area contributed by atoms with E-state index in [2.05, 4.69) is 0 Å². The van der Waals surface area contributed by atoms with E-state index in [0.717, 1.165) is 0 Å². The summed E-state index contributed by atoms with van der Waals surface area (Å²) in [6, 6.07) is 0.278. The number of hydrogen-bond donors (Lipinski definition) is 1. The predicted octanol–water partition coefficient (Wildman–Crippen LogP) is 0.359. The number of hydrogen-bond acceptors (Lipinski definition) is 3. The number of rotatable bonds is 2. The first-order chi connectivity index (χ1) is 6.52. The smallest absolute Gasteiger partial charge is 0.224 e. The maximum absolute atomic E-state index is 11.8. The second-order valence-electron chi connectivity index (χ2n) is 4.22. The zero-order chi connectivity index (χ0) is 10.7. The van der Waals surface area contributed by atoms with Crippen LogP contribution < -0.4 is 5.73 Å². The zero-order valence-corrected chi connectivity index (χ0v) is 9.19. The number of amides is 1. The molecule has 1 aliphatic rings. The summed E-state index contributed by atoms with van der Waals surface area (Å²) in [5.74, 6) is 0.142. The normalized spacial score (nSPS) is 30.1. The lowest BCUT2D eigenvalue weighted by atomic mass is 10.1. The Hall–Kier alpha value is -0.610. The Morgan fingerprint density at radius 1 is 1.50 bits per heavy atom. The molecule has 0 bridgehead atoms. The third-order valence-electron chi connectivity index (χ3n) is 2.45. The second kappa shape index (κ2) is 4.75. The predicted molar refractivity (Wildman–Crippen MR) is 54.9 cm³/mol. The minimum absolute atomic E-state index is 0.0651. The molecule has 1 amide bonds. The topological polar surface area (TPSA) is 55.6 Å². The van der Waals surface area contributed by atoms with Gasteiger partial charge < -0.3 is 15.4 Å². The molecule has 3 unspecified atom stereocenters.